The second-order valence-electron chi connectivity index (χ2n) is 7.22. The van der Waals surface area contributed by atoms with Crippen molar-refractivity contribution in [2.24, 2.45) is 0 Å². The number of carboxylic acids is 1. The molecule has 0 spiro atoms. The van der Waals surface area contributed by atoms with Crippen molar-refractivity contribution in [3.8, 4) is 5.75 Å². The molecule has 0 atom stereocenters. The van der Waals surface area contributed by atoms with Crippen molar-refractivity contribution in [2.45, 2.75) is 26.2 Å². The minimum Gasteiger partial charge on any atom is -0.490 e. The van der Waals surface area contributed by atoms with Crippen LogP contribution in [0.15, 0.2) is 12.1 Å². The Morgan fingerprint density at radius 2 is 1.88 bits per heavy atom. The van der Waals surface area contributed by atoms with Gasteiger partial charge in [0.2, 0.25) is 0 Å². The predicted octanol–water partition coefficient (Wildman–Crippen LogP) is 2.78. The van der Waals surface area contributed by atoms with E-state index in [0.717, 1.165) is 37.4 Å². The van der Waals surface area contributed by atoms with Crippen LogP contribution in [0.25, 0.3) is 0 Å². The number of likely N-dealkylation sites (N-methyl/N-ethyl adjacent to an activating group) is 1. The zero-order chi connectivity index (χ0) is 17.9. The zero-order valence-electron chi connectivity index (χ0n) is 14.9. The van der Waals surface area contributed by atoms with Gasteiger partial charge >= 0.3 is 5.97 Å². The van der Waals surface area contributed by atoms with Crippen LogP contribution < -0.4 is 9.64 Å². The fourth-order valence-corrected chi connectivity index (χ4v) is 3.07. The molecule has 1 aliphatic rings. The Hall–Kier alpha value is -1.82. The van der Waals surface area contributed by atoms with Crippen molar-refractivity contribution in [1.82, 2.24) is 4.90 Å². The van der Waals surface area contributed by atoms with Crippen LogP contribution in [-0.4, -0.2) is 62.5 Å². The van der Waals surface area contributed by atoms with E-state index in [4.69, 9.17) is 4.74 Å². The molecule has 0 unspecified atom stereocenters. The van der Waals surface area contributed by atoms with E-state index < -0.39 is 12.6 Å². The highest BCUT2D eigenvalue weighted by molar-refractivity contribution is 5.93. The number of benzene rings is 1. The lowest BCUT2D eigenvalue weighted by Gasteiger charge is -2.38. The van der Waals surface area contributed by atoms with Crippen LogP contribution in [-0.2, 0) is 5.41 Å². The summed E-state index contributed by atoms with van der Waals surface area (Å²) in [5.74, 6) is -0.761. The van der Waals surface area contributed by atoms with E-state index in [1.54, 1.807) is 6.07 Å². The summed E-state index contributed by atoms with van der Waals surface area (Å²) in [7, 11) is 2.09. The number of aromatic carboxylic acids is 1. The summed E-state index contributed by atoms with van der Waals surface area (Å²) in [4.78, 5) is 16.1. The summed E-state index contributed by atoms with van der Waals surface area (Å²) in [6.07, 6.45) is 0. The summed E-state index contributed by atoms with van der Waals surface area (Å²) >= 11 is 0. The van der Waals surface area contributed by atoms with Gasteiger partial charge in [0.1, 0.15) is 24.6 Å². The summed E-state index contributed by atoms with van der Waals surface area (Å²) in [6, 6.07) is 3.43. The fourth-order valence-electron chi connectivity index (χ4n) is 3.07. The molecule has 1 aromatic carbocycles. The number of piperazine rings is 1. The molecule has 6 heteroatoms. The third-order valence-electron chi connectivity index (χ3n) is 4.28. The number of carbonyl (C=O) groups is 1. The Morgan fingerprint density at radius 3 is 2.38 bits per heavy atom. The second-order valence-corrected chi connectivity index (χ2v) is 7.22. The number of rotatable bonds is 5. The topological polar surface area (TPSA) is 53.0 Å². The SMILES string of the molecule is CN1CCN(c2ccc(C(=O)O)c(OCCF)c2C(C)(C)C)CC1. The van der Waals surface area contributed by atoms with Gasteiger partial charge in [-0.2, -0.15) is 0 Å². The van der Waals surface area contributed by atoms with Crippen LogP contribution in [0, 0.1) is 0 Å². The summed E-state index contributed by atoms with van der Waals surface area (Å²) in [6.45, 7) is 8.91. The first-order valence-electron chi connectivity index (χ1n) is 8.28. The Bertz CT molecular complexity index is 591. The third-order valence-corrected chi connectivity index (χ3v) is 4.28. The van der Waals surface area contributed by atoms with E-state index >= 15 is 0 Å². The number of hydrogen-bond acceptors (Lipinski definition) is 4. The van der Waals surface area contributed by atoms with Gasteiger partial charge in [0.25, 0.3) is 0 Å². The monoisotopic (exact) mass is 338 g/mol. The molecular weight excluding hydrogens is 311 g/mol. The number of nitrogens with zero attached hydrogens (tertiary/aromatic N) is 2. The van der Waals surface area contributed by atoms with Gasteiger partial charge < -0.3 is 19.6 Å². The highest BCUT2D eigenvalue weighted by Crippen LogP contribution is 2.42. The van der Waals surface area contributed by atoms with Gasteiger partial charge in [0.15, 0.2) is 0 Å². The maximum absolute atomic E-state index is 12.6. The normalized spacial score (nSPS) is 16.3. The number of halogens is 1. The molecular formula is C18H27FN2O3. The molecule has 2 rings (SSSR count). The van der Waals surface area contributed by atoms with Gasteiger partial charge in [-0.3, -0.25) is 0 Å². The van der Waals surface area contributed by atoms with Crippen LogP contribution >= 0.6 is 0 Å². The highest BCUT2D eigenvalue weighted by Gasteiger charge is 2.30. The molecule has 24 heavy (non-hydrogen) atoms. The largest absolute Gasteiger partial charge is 0.490 e. The van der Waals surface area contributed by atoms with Crippen LogP contribution in [0.1, 0.15) is 36.7 Å². The van der Waals surface area contributed by atoms with E-state index in [1.165, 1.54) is 0 Å². The van der Waals surface area contributed by atoms with E-state index in [-0.39, 0.29) is 17.6 Å². The fraction of sp³-hybridized carbons (Fsp3) is 0.611. The van der Waals surface area contributed by atoms with Crippen LogP contribution in [0.3, 0.4) is 0 Å². The van der Waals surface area contributed by atoms with Crippen molar-refractivity contribution in [3.63, 3.8) is 0 Å². The highest BCUT2D eigenvalue weighted by atomic mass is 19.1. The molecule has 0 radical (unpaired) electrons. The Balaban J connectivity index is 2.56. The van der Waals surface area contributed by atoms with Crippen LogP contribution in [0.4, 0.5) is 10.1 Å². The maximum Gasteiger partial charge on any atom is 0.339 e. The maximum atomic E-state index is 12.6. The number of alkyl halides is 1. The van der Waals surface area contributed by atoms with Crippen molar-refractivity contribution < 1.29 is 19.0 Å². The summed E-state index contributed by atoms with van der Waals surface area (Å²) in [5.41, 5.74) is 1.58. The van der Waals surface area contributed by atoms with Crippen LogP contribution in [0.2, 0.25) is 0 Å². The molecule has 1 heterocycles. The van der Waals surface area contributed by atoms with E-state index in [1.807, 2.05) is 26.8 Å². The summed E-state index contributed by atoms with van der Waals surface area (Å²) in [5, 5.41) is 9.50. The second kappa shape index (κ2) is 7.38. The predicted molar refractivity (Wildman–Crippen MR) is 93.3 cm³/mol. The average molecular weight is 338 g/mol. The van der Waals surface area contributed by atoms with E-state index in [0.29, 0.717) is 5.75 Å². The lowest BCUT2D eigenvalue weighted by molar-refractivity contribution is 0.0691. The van der Waals surface area contributed by atoms with Crippen molar-refractivity contribution >= 4 is 11.7 Å². The van der Waals surface area contributed by atoms with Crippen molar-refractivity contribution in [1.29, 1.82) is 0 Å². The minimum atomic E-state index is -1.06. The molecule has 0 bridgehead atoms. The molecule has 1 saturated heterocycles. The number of anilines is 1. The third kappa shape index (κ3) is 3.98. The summed E-state index contributed by atoms with van der Waals surface area (Å²) < 4.78 is 18.2. The first-order valence-corrected chi connectivity index (χ1v) is 8.28. The molecule has 134 valence electrons. The van der Waals surface area contributed by atoms with E-state index in [2.05, 4.69) is 16.8 Å². The molecule has 1 fully saturated rings. The molecule has 0 aromatic heterocycles. The van der Waals surface area contributed by atoms with Crippen molar-refractivity contribution in [2.75, 3.05) is 51.4 Å². The smallest absolute Gasteiger partial charge is 0.339 e. The minimum absolute atomic E-state index is 0.0891. The molecule has 0 saturated carbocycles. The Morgan fingerprint density at radius 1 is 1.25 bits per heavy atom. The molecule has 1 aromatic rings. The number of hydrogen-bond donors (Lipinski definition) is 1. The quantitative estimate of drug-likeness (QED) is 0.895. The van der Waals surface area contributed by atoms with Gasteiger partial charge in [0.05, 0.1) is 0 Å². The molecule has 5 nitrogen and oxygen atoms in total. The van der Waals surface area contributed by atoms with Gasteiger partial charge in [-0.05, 0) is 24.6 Å². The standard InChI is InChI=1S/C18H27FN2O3/c1-18(2,3)15-14(21-10-8-20(4)9-11-21)6-5-13(17(22)23)16(15)24-12-7-19/h5-6H,7-12H2,1-4H3,(H,22,23). The average Bonchev–Trinajstić information content (AvgIpc) is 2.51. The molecule has 0 aliphatic carbocycles. The number of carboxylic acid groups (broad SMARTS) is 1. The first kappa shape index (κ1) is 18.5. The first-order chi connectivity index (χ1) is 11.3. The van der Waals surface area contributed by atoms with Gasteiger partial charge in [-0.25, -0.2) is 9.18 Å². The lowest BCUT2D eigenvalue weighted by Crippen LogP contribution is -2.45. The zero-order valence-corrected chi connectivity index (χ0v) is 14.9. The Kier molecular flexibility index (Phi) is 5.70. The van der Waals surface area contributed by atoms with E-state index in [9.17, 15) is 14.3 Å². The van der Waals surface area contributed by atoms with Gasteiger partial charge in [-0.15, -0.1) is 0 Å². The Labute approximate surface area is 143 Å². The molecule has 1 N–H and O–H groups in total. The lowest BCUT2D eigenvalue weighted by atomic mass is 9.83. The van der Waals surface area contributed by atoms with Crippen molar-refractivity contribution in [3.05, 3.63) is 23.3 Å². The molecule has 1 aliphatic heterocycles. The number of ether oxygens (including phenoxy) is 1. The molecule has 0 amide bonds. The van der Waals surface area contributed by atoms with Crippen LogP contribution in [0.5, 0.6) is 5.75 Å². The van der Waals surface area contributed by atoms with Gasteiger partial charge in [0, 0.05) is 37.4 Å². The van der Waals surface area contributed by atoms with Gasteiger partial charge in [-0.1, -0.05) is 20.8 Å².